The van der Waals surface area contributed by atoms with E-state index in [1.807, 2.05) is 37.5 Å². The monoisotopic (exact) mass is 392 g/mol. The standard InChI is InChI=1S/C20H28N4O2.ClH/c1-21-19(16-13-23-24(2)14-16)20(25)22-12-15-8-10-18(11-9-15)26-17-6-4-3-5-7-17;/h8-11,13-14,17,19,21H,3-7,12H2,1-2H3,(H,22,25);1H. The lowest BCUT2D eigenvalue weighted by Crippen LogP contribution is -2.35. The molecule has 0 saturated heterocycles. The Hall–Kier alpha value is -2.05. The number of amides is 1. The van der Waals surface area contributed by atoms with Gasteiger partial charge in [0, 0.05) is 25.4 Å². The number of likely N-dealkylation sites (N-methyl/N-ethyl adjacent to an activating group) is 1. The minimum absolute atomic E-state index is 0. The van der Waals surface area contributed by atoms with Crippen LogP contribution < -0.4 is 15.4 Å². The number of nitrogens with zero attached hydrogens (tertiary/aromatic N) is 2. The summed E-state index contributed by atoms with van der Waals surface area (Å²) in [6.45, 7) is 0.487. The molecule has 27 heavy (non-hydrogen) atoms. The van der Waals surface area contributed by atoms with Crippen molar-refractivity contribution in [3.63, 3.8) is 0 Å². The van der Waals surface area contributed by atoms with E-state index in [-0.39, 0.29) is 18.3 Å². The first kappa shape index (κ1) is 21.3. The number of carbonyl (C=O) groups excluding carboxylic acids is 1. The van der Waals surface area contributed by atoms with Gasteiger partial charge in [-0.2, -0.15) is 5.10 Å². The summed E-state index contributed by atoms with van der Waals surface area (Å²) in [5.74, 6) is 0.846. The molecule has 0 radical (unpaired) electrons. The van der Waals surface area contributed by atoms with Crippen LogP contribution in [0.15, 0.2) is 36.7 Å². The Labute approximate surface area is 167 Å². The zero-order valence-electron chi connectivity index (χ0n) is 16.0. The topological polar surface area (TPSA) is 68.2 Å². The van der Waals surface area contributed by atoms with Gasteiger partial charge in [-0.15, -0.1) is 12.4 Å². The second-order valence-electron chi connectivity index (χ2n) is 6.91. The lowest BCUT2D eigenvalue weighted by Gasteiger charge is -2.23. The fourth-order valence-corrected chi connectivity index (χ4v) is 3.39. The fourth-order valence-electron chi connectivity index (χ4n) is 3.39. The maximum absolute atomic E-state index is 12.5. The number of halogens is 1. The molecule has 1 heterocycles. The number of benzene rings is 1. The Kier molecular flexibility index (Phi) is 8.13. The average molecular weight is 393 g/mol. The van der Waals surface area contributed by atoms with E-state index in [1.165, 1.54) is 19.3 Å². The van der Waals surface area contributed by atoms with Gasteiger partial charge < -0.3 is 15.4 Å². The van der Waals surface area contributed by atoms with Crippen molar-refractivity contribution < 1.29 is 9.53 Å². The van der Waals surface area contributed by atoms with E-state index in [0.717, 1.165) is 29.7 Å². The quantitative estimate of drug-likeness (QED) is 0.759. The third kappa shape index (κ3) is 5.97. The van der Waals surface area contributed by atoms with Gasteiger partial charge in [0.2, 0.25) is 5.91 Å². The van der Waals surface area contributed by atoms with Crippen molar-refractivity contribution in [1.29, 1.82) is 0 Å². The Balaban J connectivity index is 0.00000261. The maximum Gasteiger partial charge on any atom is 0.242 e. The highest BCUT2D eigenvalue weighted by Crippen LogP contribution is 2.23. The molecular formula is C20H29ClN4O2. The third-order valence-corrected chi connectivity index (χ3v) is 4.85. The predicted octanol–water partition coefficient (Wildman–Crippen LogP) is 3.13. The van der Waals surface area contributed by atoms with E-state index in [9.17, 15) is 4.79 Å². The molecule has 2 N–H and O–H groups in total. The van der Waals surface area contributed by atoms with E-state index in [4.69, 9.17) is 4.74 Å². The number of rotatable bonds is 7. The van der Waals surface area contributed by atoms with Crippen LogP contribution in [0, 0.1) is 0 Å². The van der Waals surface area contributed by atoms with Crippen LogP contribution in [0.2, 0.25) is 0 Å². The smallest absolute Gasteiger partial charge is 0.242 e. The van der Waals surface area contributed by atoms with E-state index >= 15 is 0 Å². The Morgan fingerprint density at radius 2 is 1.96 bits per heavy atom. The minimum atomic E-state index is -0.405. The Morgan fingerprint density at radius 3 is 2.56 bits per heavy atom. The number of carbonyl (C=O) groups is 1. The van der Waals surface area contributed by atoms with Gasteiger partial charge in [0.25, 0.3) is 0 Å². The molecule has 0 aliphatic heterocycles. The van der Waals surface area contributed by atoms with Crippen molar-refractivity contribution in [2.45, 2.75) is 50.8 Å². The van der Waals surface area contributed by atoms with E-state index in [1.54, 1.807) is 17.9 Å². The van der Waals surface area contributed by atoms with Crippen molar-refractivity contribution in [3.8, 4) is 5.75 Å². The summed E-state index contributed by atoms with van der Waals surface area (Å²) in [4.78, 5) is 12.5. The number of aromatic nitrogens is 2. The van der Waals surface area contributed by atoms with Crippen LogP contribution in [0.25, 0.3) is 0 Å². The molecule has 1 unspecified atom stereocenters. The molecule has 1 amide bonds. The molecule has 1 aliphatic rings. The van der Waals surface area contributed by atoms with Gasteiger partial charge in [-0.1, -0.05) is 18.6 Å². The van der Waals surface area contributed by atoms with E-state index < -0.39 is 6.04 Å². The van der Waals surface area contributed by atoms with Gasteiger partial charge in [0.15, 0.2) is 0 Å². The average Bonchev–Trinajstić information content (AvgIpc) is 3.08. The van der Waals surface area contributed by atoms with Crippen LogP contribution in [-0.4, -0.2) is 28.8 Å². The summed E-state index contributed by atoms with van der Waals surface area (Å²) in [6.07, 6.45) is 10.1. The number of ether oxygens (including phenoxy) is 1. The second-order valence-corrected chi connectivity index (χ2v) is 6.91. The van der Waals surface area contributed by atoms with Crippen molar-refractivity contribution in [1.82, 2.24) is 20.4 Å². The lowest BCUT2D eigenvalue weighted by molar-refractivity contribution is -0.123. The predicted molar refractivity (Wildman–Crippen MR) is 108 cm³/mol. The molecule has 1 aromatic carbocycles. The van der Waals surface area contributed by atoms with Crippen LogP contribution in [0.3, 0.4) is 0 Å². The van der Waals surface area contributed by atoms with Crippen LogP contribution >= 0.6 is 12.4 Å². The molecule has 1 fully saturated rings. The molecule has 0 bridgehead atoms. The molecule has 6 nitrogen and oxygen atoms in total. The summed E-state index contributed by atoms with van der Waals surface area (Å²) in [5, 5.41) is 10.1. The zero-order valence-corrected chi connectivity index (χ0v) is 16.8. The van der Waals surface area contributed by atoms with Gasteiger partial charge in [-0.05, 0) is 50.4 Å². The van der Waals surface area contributed by atoms with Gasteiger partial charge in [0.1, 0.15) is 11.8 Å². The number of nitrogens with one attached hydrogen (secondary N) is 2. The summed E-state index contributed by atoms with van der Waals surface area (Å²) in [5.41, 5.74) is 1.90. The van der Waals surface area contributed by atoms with Gasteiger partial charge in [-0.3, -0.25) is 9.48 Å². The number of aryl methyl sites for hydroxylation is 1. The van der Waals surface area contributed by atoms with Crippen molar-refractivity contribution >= 4 is 18.3 Å². The number of hydrogen-bond acceptors (Lipinski definition) is 4. The number of hydrogen-bond donors (Lipinski definition) is 2. The molecule has 0 spiro atoms. The summed E-state index contributed by atoms with van der Waals surface area (Å²) in [6, 6.07) is 7.60. The summed E-state index contributed by atoms with van der Waals surface area (Å²) >= 11 is 0. The van der Waals surface area contributed by atoms with Crippen molar-refractivity contribution in [2.75, 3.05) is 7.05 Å². The van der Waals surface area contributed by atoms with Crippen molar-refractivity contribution in [2.24, 2.45) is 7.05 Å². The van der Waals surface area contributed by atoms with Crippen LogP contribution in [-0.2, 0) is 18.4 Å². The lowest BCUT2D eigenvalue weighted by atomic mass is 9.98. The molecule has 3 rings (SSSR count). The first-order chi connectivity index (χ1) is 12.7. The highest BCUT2D eigenvalue weighted by molar-refractivity contribution is 5.85. The first-order valence-electron chi connectivity index (χ1n) is 9.35. The zero-order chi connectivity index (χ0) is 18.4. The summed E-state index contributed by atoms with van der Waals surface area (Å²) in [7, 11) is 3.61. The van der Waals surface area contributed by atoms with Crippen LogP contribution in [0.5, 0.6) is 5.75 Å². The second kappa shape index (κ2) is 10.3. The van der Waals surface area contributed by atoms with Crippen LogP contribution in [0.4, 0.5) is 0 Å². The SMILES string of the molecule is CNC(C(=O)NCc1ccc(OC2CCCCC2)cc1)c1cnn(C)c1.Cl. The molecule has 1 saturated carbocycles. The first-order valence-corrected chi connectivity index (χ1v) is 9.35. The fraction of sp³-hybridized carbons (Fsp3) is 0.500. The van der Waals surface area contributed by atoms with Gasteiger partial charge in [0.05, 0.1) is 12.3 Å². The molecule has 1 aromatic heterocycles. The molecule has 1 aliphatic carbocycles. The minimum Gasteiger partial charge on any atom is -0.490 e. The molecular weight excluding hydrogens is 364 g/mol. The normalized spacial score (nSPS) is 15.6. The Bertz CT molecular complexity index is 711. The van der Waals surface area contributed by atoms with Crippen molar-refractivity contribution in [3.05, 3.63) is 47.8 Å². The van der Waals surface area contributed by atoms with E-state index in [0.29, 0.717) is 12.6 Å². The highest BCUT2D eigenvalue weighted by atomic mass is 35.5. The van der Waals surface area contributed by atoms with Gasteiger partial charge >= 0.3 is 0 Å². The third-order valence-electron chi connectivity index (χ3n) is 4.85. The summed E-state index contributed by atoms with van der Waals surface area (Å²) < 4.78 is 7.74. The van der Waals surface area contributed by atoms with E-state index in [2.05, 4.69) is 15.7 Å². The highest BCUT2D eigenvalue weighted by Gasteiger charge is 2.19. The maximum atomic E-state index is 12.5. The van der Waals surface area contributed by atoms with Gasteiger partial charge in [-0.25, -0.2) is 0 Å². The molecule has 1 atom stereocenters. The van der Waals surface area contributed by atoms with Crippen LogP contribution in [0.1, 0.15) is 49.3 Å². The molecule has 7 heteroatoms. The Morgan fingerprint density at radius 1 is 1.26 bits per heavy atom. The largest absolute Gasteiger partial charge is 0.490 e. The molecule has 2 aromatic rings. The molecule has 148 valence electrons.